The molecule has 4 aliphatic carbocycles. The quantitative estimate of drug-likeness (QED) is 0.282. The van der Waals surface area contributed by atoms with Crippen LogP contribution in [0.1, 0.15) is 153 Å². The molecule has 6 atom stereocenters. The van der Waals surface area contributed by atoms with Crippen LogP contribution in [0.15, 0.2) is 11.1 Å². The lowest BCUT2D eigenvalue weighted by Crippen LogP contribution is -2.56. The molecule has 1 aliphatic heterocycles. The minimum absolute atomic E-state index is 0. The van der Waals surface area contributed by atoms with Gasteiger partial charge in [-0.3, -0.25) is 9.59 Å². The highest BCUT2D eigenvalue weighted by atomic mass is 16.6. The van der Waals surface area contributed by atoms with E-state index in [1.54, 1.807) is 0 Å². The summed E-state index contributed by atoms with van der Waals surface area (Å²) in [5, 5.41) is 9.28. The zero-order valence-corrected chi connectivity index (χ0v) is 25.8. The topological polar surface area (TPSA) is 63.6 Å². The van der Waals surface area contributed by atoms with Crippen molar-refractivity contribution in [2.24, 2.45) is 39.4 Å². The van der Waals surface area contributed by atoms with Crippen LogP contribution in [0.2, 0.25) is 0 Å². The molecule has 0 aromatic carbocycles. The number of fused-ring (bicyclic) bond motifs is 4. The maximum absolute atomic E-state index is 11.9. The molecule has 1 heterocycles. The zero-order valence-electron chi connectivity index (χ0n) is 25.8. The van der Waals surface area contributed by atoms with Crippen LogP contribution in [0.3, 0.4) is 0 Å². The molecule has 0 amide bonds. The molecule has 1 N–H and O–H groups in total. The van der Waals surface area contributed by atoms with Crippen LogP contribution in [-0.4, -0.2) is 22.6 Å². The van der Waals surface area contributed by atoms with Crippen molar-refractivity contribution in [2.75, 3.05) is 0 Å². The molecule has 0 spiro atoms. The SMILES string of the molecule is C.CCC12CCC3C(C)(C)CCCC3(C)C1CC(=O)O2.CCC1=C(CC(=O)O)C2(C)CCCC(C)(C)C2CC1. The maximum atomic E-state index is 11.9. The minimum atomic E-state index is -0.661. The van der Waals surface area contributed by atoms with E-state index in [-0.39, 0.29) is 30.8 Å². The average Bonchev–Trinajstić information content (AvgIpc) is 3.17. The Hall–Kier alpha value is -1.32. The molecular weight excluding hydrogens is 484 g/mol. The summed E-state index contributed by atoms with van der Waals surface area (Å²) >= 11 is 0. The molecule has 39 heavy (non-hydrogen) atoms. The molecule has 6 unspecified atom stereocenters. The van der Waals surface area contributed by atoms with Gasteiger partial charge in [-0.25, -0.2) is 0 Å². The van der Waals surface area contributed by atoms with E-state index < -0.39 is 5.97 Å². The molecule has 224 valence electrons. The zero-order chi connectivity index (χ0) is 28.1. The fourth-order valence-electron chi connectivity index (χ4n) is 10.9. The van der Waals surface area contributed by atoms with Gasteiger partial charge in [-0.2, -0.15) is 0 Å². The summed E-state index contributed by atoms with van der Waals surface area (Å²) < 4.78 is 5.85. The molecule has 4 heteroatoms. The second-order valence-corrected chi connectivity index (χ2v) is 15.4. The van der Waals surface area contributed by atoms with Gasteiger partial charge in [0.1, 0.15) is 5.60 Å². The third-order valence-electron chi connectivity index (χ3n) is 12.7. The third-order valence-corrected chi connectivity index (χ3v) is 12.7. The van der Waals surface area contributed by atoms with Gasteiger partial charge in [0.25, 0.3) is 0 Å². The normalized spacial score (nSPS) is 40.1. The van der Waals surface area contributed by atoms with E-state index in [2.05, 4.69) is 55.4 Å². The summed E-state index contributed by atoms with van der Waals surface area (Å²) in [4.78, 5) is 23.2. The van der Waals surface area contributed by atoms with E-state index in [0.29, 0.717) is 34.5 Å². The second-order valence-electron chi connectivity index (χ2n) is 15.4. The van der Waals surface area contributed by atoms with E-state index >= 15 is 0 Å². The predicted octanol–water partition coefficient (Wildman–Crippen LogP) is 9.75. The fraction of sp³-hybridized carbons (Fsp3) is 0.886. The lowest BCUT2D eigenvalue weighted by molar-refractivity contribution is -0.170. The van der Waals surface area contributed by atoms with Gasteiger partial charge in [0.05, 0.1) is 12.8 Å². The Labute approximate surface area is 240 Å². The van der Waals surface area contributed by atoms with Crippen LogP contribution in [0.4, 0.5) is 0 Å². The molecule has 0 aromatic heterocycles. The minimum Gasteiger partial charge on any atom is -0.481 e. The number of hydrogen-bond acceptors (Lipinski definition) is 3. The van der Waals surface area contributed by atoms with Crippen molar-refractivity contribution in [1.29, 1.82) is 0 Å². The number of esters is 1. The standard InChI is InChI=1S/2C17H28O2.CH4/c1-5-17-10-7-12-15(2,3)8-6-9-16(12,4)13(17)11-14(18)19-17;1-5-12-7-8-14-16(2,3)9-6-10-17(14,4)13(12)11-15(18)19;/h12-13H,5-11H2,1-4H3;14H,5-11H2,1-4H3,(H,18,19);1H4. The number of rotatable bonds is 4. The highest BCUT2D eigenvalue weighted by Crippen LogP contribution is 2.66. The number of ether oxygens (including phenoxy) is 1. The number of aliphatic carboxylic acids is 1. The van der Waals surface area contributed by atoms with Gasteiger partial charge in [-0.05, 0) is 97.7 Å². The molecule has 1 saturated heterocycles. The number of carbonyl (C=O) groups excluding carboxylic acids is 1. The van der Waals surface area contributed by atoms with Crippen molar-refractivity contribution in [3.63, 3.8) is 0 Å². The summed E-state index contributed by atoms with van der Waals surface area (Å²) in [5.74, 6) is 1.26. The summed E-state index contributed by atoms with van der Waals surface area (Å²) in [6.07, 6.45) is 15.2. The summed E-state index contributed by atoms with van der Waals surface area (Å²) in [6, 6.07) is 0. The van der Waals surface area contributed by atoms with Gasteiger partial charge in [0.15, 0.2) is 0 Å². The number of carboxylic acids is 1. The first kappa shape index (κ1) is 32.2. The van der Waals surface area contributed by atoms with Crippen LogP contribution in [-0.2, 0) is 14.3 Å². The Kier molecular flexibility index (Phi) is 9.22. The lowest BCUT2D eigenvalue weighted by Gasteiger charge is -2.60. The van der Waals surface area contributed by atoms with Crippen LogP contribution in [0, 0.1) is 39.4 Å². The van der Waals surface area contributed by atoms with E-state index in [0.717, 1.165) is 31.6 Å². The van der Waals surface area contributed by atoms with Gasteiger partial charge < -0.3 is 9.84 Å². The molecular formula is C35H60O4. The van der Waals surface area contributed by atoms with Crippen molar-refractivity contribution >= 4 is 11.9 Å². The summed E-state index contributed by atoms with van der Waals surface area (Å²) in [5.41, 5.74) is 3.79. The second kappa shape index (κ2) is 11.2. The molecule has 4 fully saturated rings. The molecule has 4 nitrogen and oxygen atoms in total. The Morgan fingerprint density at radius 3 is 2.08 bits per heavy atom. The third kappa shape index (κ3) is 5.49. The number of carboxylic acid groups (broad SMARTS) is 1. The molecule has 5 rings (SSSR count). The molecule has 5 aliphatic rings. The number of hydrogen-bond donors (Lipinski definition) is 1. The Morgan fingerprint density at radius 1 is 0.872 bits per heavy atom. The van der Waals surface area contributed by atoms with Crippen molar-refractivity contribution in [1.82, 2.24) is 0 Å². The Balaban J connectivity index is 0.000000210. The van der Waals surface area contributed by atoms with Crippen molar-refractivity contribution in [3.8, 4) is 0 Å². The Morgan fingerprint density at radius 2 is 1.49 bits per heavy atom. The monoisotopic (exact) mass is 544 g/mol. The van der Waals surface area contributed by atoms with Crippen LogP contribution >= 0.6 is 0 Å². The highest BCUT2D eigenvalue weighted by molar-refractivity contribution is 5.73. The first-order valence-corrected chi connectivity index (χ1v) is 15.8. The highest BCUT2D eigenvalue weighted by Gasteiger charge is 2.63. The van der Waals surface area contributed by atoms with Crippen molar-refractivity contribution in [2.45, 2.75) is 158 Å². The van der Waals surface area contributed by atoms with Crippen LogP contribution < -0.4 is 0 Å². The predicted molar refractivity (Wildman–Crippen MR) is 160 cm³/mol. The van der Waals surface area contributed by atoms with E-state index in [9.17, 15) is 14.7 Å². The number of carbonyl (C=O) groups is 2. The first-order valence-electron chi connectivity index (χ1n) is 15.8. The van der Waals surface area contributed by atoms with Gasteiger partial charge in [-0.15, -0.1) is 0 Å². The van der Waals surface area contributed by atoms with Gasteiger partial charge in [-0.1, -0.05) is 86.8 Å². The first-order chi connectivity index (χ1) is 17.6. The average molecular weight is 545 g/mol. The van der Waals surface area contributed by atoms with E-state index in [1.165, 1.54) is 62.5 Å². The summed E-state index contributed by atoms with van der Waals surface area (Å²) in [7, 11) is 0. The van der Waals surface area contributed by atoms with E-state index in [4.69, 9.17) is 4.74 Å². The van der Waals surface area contributed by atoms with Crippen molar-refractivity contribution in [3.05, 3.63) is 11.1 Å². The van der Waals surface area contributed by atoms with Gasteiger partial charge in [0, 0.05) is 5.92 Å². The smallest absolute Gasteiger partial charge is 0.307 e. The van der Waals surface area contributed by atoms with Crippen LogP contribution in [0.25, 0.3) is 0 Å². The fourth-order valence-corrected chi connectivity index (χ4v) is 10.9. The summed E-state index contributed by atoms with van der Waals surface area (Å²) in [6.45, 7) is 18.8. The molecule has 0 bridgehead atoms. The van der Waals surface area contributed by atoms with Crippen LogP contribution in [0.5, 0.6) is 0 Å². The van der Waals surface area contributed by atoms with Gasteiger partial charge >= 0.3 is 11.9 Å². The number of allylic oxidation sites excluding steroid dienone is 1. The molecule has 3 saturated carbocycles. The molecule has 0 radical (unpaired) electrons. The van der Waals surface area contributed by atoms with Gasteiger partial charge in [0.2, 0.25) is 0 Å². The Bertz CT molecular complexity index is 960. The maximum Gasteiger partial charge on any atom is 0.307 e. The van der Waals surface area contributed by atoms with Crippen molar-refractivity contribution < 1.29 is 19.4 Å². The van der Waals surface area contributed by atoms with E-state index in [1.807, 2.05) is 0 Å². The molecule has 0 aromatic rings. The lowest BCUT2D eigenvalue weighted by atomic mass is 9.45. The largest absolute Gasteiger partial charge is 0.481 e.